The van der Waals surface area contributed by atoms with Gasteiger partial charge in [-0.15, -0.1) is 5.10 Å². The van der Waals surface area contributed by atoms with E-state index in [2.05, 4.69) is 15.3 Å². The maximum absolute atomic E-state index is 14.3. The van der Waals surface area contributed by atoms with Gasteiger partial charge in [-0.05, 0) is 24.3 Å². The third-order valence-electron chi connectivity index (χ3n) is 3.82. The summed E-state index contributed by atoms with van der Waals surface area (Å²) in [6.45, 7) is -0.0199. The minimum atomic E-state index is -5.17. The maximum atomic E-state index is 14.3. The van der Waals surface area contributed by atoms with Crippen molar-refractivity contribution in [2.75, 3.05) is 5.73 Å². The van der Waals surface area contributed by atoms with Gasteiger partial charge in [-0.1, -0.05) is 11.3 Å². The number of carbonyl (C=O) groups is 2. The van der Waals surface area contributed by atoms with Crippen molar-refractivity contribution in [2.45, 2.75) is 12.7 Å². The van der Waals surface area contributed by atoms with Crippen LogP contribution in [0, 0.1) is 5.82 Å². The van der Waals surface area contributed by atoms with Gasteiger partial charge in [0.05, 0.1) is 12.7 Å². The molecule has 0 radical (unpaired) electrons. The lowest BCUT2D eigenvalue weighted by molar-refractivity contribution is -0.174. The zero-order valence-electron chi connectivity index (χ0n) is 14.9. The molecule has 3 rings (SSSR count). The van der Waals surface area contributed by atoms with Crippen LogP contribution in [0.2, 0.25) is 0 Å². The molecule has 2 aromatic heterocycles. The monoisotopic (exact) mass is 423 g/mol. The van der Waals surface area contributed by atoms with Crippen LogP contribution in [-0.4, -0.2) is 38.0 Å². The number of nitrogen functional groups attached to an aromatic ring is 1. The van der Waals surface area contributed by atoms with Crippen LogP contribution < -0.4 is 16.6 Å². The smallest absolute Gasteiger partial charge is 0.384 e. The zero-order valence-corrected chi connectivity index (χ0v) is 14.9. The topological polar surface area (TPSA) is 128 Å². The van der Waals surface area contributed by atoms with Crippen LogP contribution in [-0.2, 0) is 11.3 Å². The summed E-state index contributed by atoms with van der Waals surface area (Å²) in [5.74, 6) is -3.92. The van der Waals surface area contributed by atoms with E-state index in [-0.39, 0.29) is 17.7 Å². The summed E-state index contributed by atoms with van der Waals surface area (Å²) in [4.78, 5) is 26.4. The van der Waals surface area contributed by atoms with Crippen molar-refractivity contribution in [3.8, 4) is 11.3 Å². The number of hydrogen-bond acceptors (Lipinski definition) is 6. The molecule has 0 atom stereocenters. The van der Waals surface area contributed by atoms with Gasteiger partial charge in [-0.2, -0.15) is 13.2 Å². The average molecular weight is 423 g/mol. The van der Waals surface area contributed by atoms with Gasteiger partial charge in [0, 0.05) is 22.9 Å². The van der Waals surface area contributed by atoms with Gasteiger partial charge in [0.2, 0.25) is 0 Å². The number of pyridine rings is 1. The molecule has 0 saturated carbocycles. The van der Waals surface area contributed by atoms with Gasteiger partial charge in [0.15, 0.2) is 0 Å². The summed E-state index contributed by atoms with van der Waals surface area (Å²) in [5.41, 5.74) is 9.28. The molecule has 0 unspecified atom stereocenters. The van der Waals surface area contributed by atoms with Crippen LogP contribution in [0.15, 0.2) is 42.7 Å². The molecule has 0 bridgehead atoms. The minimum absolute atomic E-state index is 0.0199. The van der Waals surface area contributed by atoms with Crippen LogP contribution in [0.5, 0.6) is 0 Å². The Morgan fingerprint density at radius 3 is 2.53 bits per heavy atom. The van der Waals surface area contributed by atoms with Crippen LogP contribution >= 0.6 is 0 Å². The zero-order chi connectivity index (χ0) is 21.9. The lowest BCUT2D eigenvalue weighted by Crippen LogP contribution is -2.47. The Morgan fingerprint density at radius 1 is 1.13 bits per heavy atom. The highest BCUT2D eigenvalue weighted by atomic mass is 19.4. The van der Waals surface area contributed by atoms with E-state index in [0.717, 1.165) is 6.07 Å². The van der Waals surface area contributed by atoms with E-state index < -0.39 is 23.8 Å². The molecule has 4 N–H and O–H groups in total. The number of nitrogens with zero attached hydrogens (tertiary/aromatic N) is 4. The number of nitrogens with one attached hydrogen (secondary N) is 2. The number of carbonyl (C=O) groups excluding carboxylic acids is 2. The third kappa shape index (κ3) is 4.87. The van der Waals surface area contributed by atoms with Crippen molar-refractivity contribution in [1.29, 1.82) is 0 Å². The summed E-state index contributed by atoms with van der Waals surface area (Å²) in [6, 6.07) is 6.57. The molecule has 0 spiro atoms. The molecule has 0 aliphatic carbocycles. The molecule has 30 heavy (non-hydrogen) atoms. The number of anilines is 1. The number of alkyl halides is 3. The van der Waals surface area contributed by atoms with Crippen LogP contribution in [0.25, 0.3) is 11.3 Å². The second-order valence-corrected chi connectivity index (χ2v) is 5.99. The number of halogens is 4. The van der Waals surface area contributed by atoms with Crippen LogP contribution in [0.3, 0.4) is 0 Å². The summed E-state index contributed by atoms with van der Waals surface area (Å²) in [6.07, 6.45) is -2.10. The van der Waals surface area contributed by atoms with Crippen LogP contribution in [0.1, 0.15) is 15.9 Å². The molecule has 0 aliphatic rings. The van der Waals surface area contributed by atoms with Crippen molar-refractivity contribution in [1.82, 2.24) is 30.8 Å². The number of nitrogens with two attached hydrogens (primary N) is 1. The average Bonchev–Trinajstić information content (AvgIpc) is 3.15. The fourth-order valence-corrected chi connectivity index (χ4v) is 2.31. The molecule has 1 aromatic carbocycles. The molecule has 0 saturated heterocycles. The van der Waals surface area contributed by atoms with E-state index in [1.165, 1.54) is 28.4 Å². The predicted molar refractivity (Wildman–Crippen MR) is 94.8 cm³/mol. The molecular weight excluding hydrogens is 410 g/mol. The second-order valence-electron chi connectivity index (χ2n) is 5.99. The molecule has 0 fully saturated rings. The molecule has 2 heterocycles. The van der Waals surface area contributed by atoms with E-state index in [0.29, 0.717) is 17.1 Å². The molecule has 13 heteroatoms. The fraction of sp³-hybridized carbons (Fsp3) is 0.118. The number of aromatic nitrogens is 4. The first kappa shape index (κ1) is 20.7. The summed E-state index contributed by atoms with van der Waals surface area (Å²) < 4.78 is 52.0. The predicted octanol–water partition coefficient (Wildman–Crippen LogP) is 1.43. The lowest BCUT2D eigenvalue weighted by Gasteiger charge is -2.10. The molecular formula is C17H13F4N7O2. The highest BCUT2D eigenvalue weighted by Gasteiger charge is 2.39. The number of hydrazine groups is 1. The number of benzene rings is 1. The van der Waals surface area contributed by atoms with Crippen molar-refractivity contribution >= 4 is 17.6 Å². The largest absolute Gasteiger partial charge is 0.472 e. The SMILES string of the molecule is Nc1ccc(-c2cn(Cc3ccc(C(=O)NNC(=O)C(F)(F)F)cc3F)nn2)cn1. The first-order valence-electron chi connectivity index (χ1n) is 8.21. The minimum Gasteiger partial charge on any atom is -0.384 e. The summed E-state index contributed by atoms with van der Waals surface area (Å²) in [5, 5.41) is 7.85. The molecule has 3 aromatic rings. The van der Waals surface area contributed by atoms with E-state index >= 15 is 0 Å². The van der Waals surface area contributed by atoms with E-state index in [1.807, 2.05) is 0 Å². The van der Waals surface area contributed by atoms with Crippen LogP contribution in [0.4, 0.5) is 23.4 Å². The van der Waals surface area contributed by atoms with E-state index in [1.54, 1.807) is 23.8 Å². The van der Waals surface area contributed by atoms with Crippen molar-refractivity contribution < 1.29 is 27.2 Å². The van der Waals surface area contributed by atoms with Gasteiger partial charge >= 0.3 is 12.1 Å². The highest BCUT2D eigenvalue weighted by Crippen LogP contribution is 2.17. The second kappa shape index (κ2) is 8.14. The van der Waals surface area contributed by atoms with Gasteiger partial charge in [0.25, 0.3) is 5.91 Å². The number of amides is 2. The summed E-state index contributed by atoms with van der Waals surface area (Å²) in [7, 11) is 0. The molecule has 0 aliphatic heterocycles. The van der Waals surface area contributed by atoms with E-state index in [9.17, 15) is 27.2 Å². The number of hydrogen-bond donors (Lipinski definition) is 3. The molecule has 2 amide bonds. The Kier molecular flexibility index (Phi) is 5.62. The number of rotatable bonds is 4. The van der Waals surface area contributed by atoms with E-state index in [4.69, 9.17) is 5.73 Å². The Balaban J connectivity index is 1.66. The van der Waals surface area contributed by atoms with Gasteiger partial charge in [-0.3, -0.25) is 20.4 Å². The summed E-state index contributed by atoms with van der Waals surface area (Å²) >= 11 is 0. The first-order chi connectivity index (χ1) is 14.1. The quantitative estimate of drug-likeness (QED) is 0.430. The van der Waals surface area contributed by atoms with Crippen molar-refractivity contribution in [3.63, 3.8) is 0 Å². The molecule has 9 nitrogen and oxygen atoms in total. The standard InChI is InChI=1S/C17H13F4N7O2/c18-12-5-9(15(29)25-26-16(30)17(19,20)21)1-2-11(12)7-28-8-13(24-27-28)10-3-4-14(22)23-6-10/h1-6,8H,7H2,(H2,22,23)(H,25,29)(H,26,30). The Morgan fingerprint density at radius 2 is 1.90 bits per heavy atom. The lowest BCUT2D eigenvalue weighted by atomic mass is 10.1. The molecule has 156 valence electrons. The normalized spacial score (nSPS) is 11.2. The van der Waals surface area contributed by atoms with Crippen molar-refractivity contribution in [3.05, 3.63) is 59.7 Å². The fourth-order valence-electron chi connectivity index (χ4n) is 2.31. The first-order valence-corrected chi connectivity index (χ1v) is 8.21. The Labute approximate surface area is 165 Å². The van der Waals surface area contributed by atoms with Crippen molar-refractivity contribution in [2.24, 2.45) is 0 Å². The maximum Gasteiger partial charge on any atom is 0.472 e. The third-order valence-corrected chi connectivity index (χ3v) is 3.82. The highest BCUT2D eigenvalue weighted by molar-refractivity contribution is 5.95. The Hall–Kier alpha value is -4.03. The van der Waals surface area contributed by atoms with Gasteiger partial charge in [-0.25, -0.2) is 14.1 Å². The van der Waals surface area contributed by atoms with Gasteiger partial charge < -0.3 is 5.73 Å². The van der Waals surface area contributed by atoms with Gasteiger partial charge in [0.1, 0.15) is 17.3 Å². The Bertz CT molecular complexity index is 1080.